The molecule has 100 valence electrons. The third kappa shape index (κ3) is 4.61. The second-order valence-electron chi connectivity index (χ2n) is 4.85. The first-order chi connectivity index (χ1) is 8.08. The van der Waals surface area contributed by atoms with Crippen LogP contribution in [-0.4, -0.2) is 62.5 Å². The maximum Gasteiger partial charge on any atom is 0.310 e. The first-order valence-electron chi connectivity index (χ1n) is 6.11. The van der Waals surface area contributed by atoms with Crippen molar-refractivity contribution in [3.63, 3.8) is 0 Å². The largest absolute Gasteiger partial charge is 0.481 e. The van der Waals surface area contributed by atoms with Gasteiger partial charge in [-0.25, -0.2) is 0 Å². The van der Waals surface area contributed by atoms with Crippen LogP contribution in [0.1, 0.15) is 19.8 Å². The second kappa shape index (κ2) is 6.93. The van der Waals surface area contributed by atoms with Gasteiger partial charge in [-0.1, -0.05) is 0 Å². The van der Waals surface area contributed by atoms with Crippen molar-refractivity contribution in [1.29, 1.82) is 0 Å². The Bertz CT molecular complexity index is 247. The van der Waals surface area contributed by atoms with Gasteiger partial charge in [0.15, 0.2) is 0 Å². The van der Waals surface area contributed by atoms with Crippen molar-refractivity contribution in [2.45, 2.75) is 19.8 Å². The molecule has 1 aliphatic rings. The molecule has 5 nitrogen and oxygen atoms in total. The van der Waals surface area contributed by atoms with Gasteiger partial charge >= 0.3 is 5.97 Å². The topological polar surface area (TPSA) is 59.0 Å². The lowest BCUT2D eigenvalue weighted by molar-refractivity contribution is -0.147. The van der Waals surface area contributed by atoms with E-state index in [1.54, 1.807) is 7.11 Å². The lowest BCUT2D eigenvalue weighted by Gasteiger charge is -2.19. The predicted molar refractivity (Wildman–Crippen MR) is 64.1 cm³/mol. The Kier molecular flexibility index (Phi) is 5.88. The van der Waals surface area contributed by atoms with Gasteiger partial charge in [0.05, 0.1) is 18.6 Å². The van der Waals surface area contributed by atoms with Crippen molar-refractivity contribution in [2.75, 3.05) is 46.6 Å². The number of carboxylic acids is 1. The zero-order valence-electron chi connectivity index (χ0n) is 10.8. The van der Waals surface area contributed by atoms with E-state index in [1.165, 1.54) is 0 Å². The van der Waals surface area contributed by atoms with Gasteiger partial charge in [-0.15, -0.1) is 0 Å². The Labute approximate surface area is 103 Å². The number of rotatable bonds is 8. The van der Waals surface area contributed by atoms with Crippen molar-refractivity contribution < 1.29 is 19.4 Å². The van der Waals surface area contributed by atoms with Crippen LogP contribution in [0.5, 0.6) is 0 Å². The van der Waals surface area contributed by atoms with Crippen LogP contribution in [0.2, 0.25) is 0 Å². The number of nitrogens with zero attached hydrogens (tertiary/aromatic N) is 1. The molecular formula is C12H23NO4. The van der Waals surface area contributed by atoms with Crippen molar-refractivity contribution in [2.24, 2.45) is 5.41 Å². The second-order valence-corrected chi connectivity index (χ2v) is 4.85. The molecule has 0 radical (unpaired) electrons. The summed E-state index contributed by atoms with van der Waals surface area (Å²) in [5, 5.41) is 9.09. The molecule has 5 heteroatoms. The molecule has 0 aromatic heterocycles. The van der Waals surface area contributed by atoms with Crippen molar-refractivity contribution in [3.05, 3.63) is 0 Å². The molecule has 17 heavy (non-hydrogen) atoms. The minimum absolute atomic E-state index is 0.559. The summed E-state index contributed by atoms with van der Waals surface area (Å²) in [6, 6.07) is 0. The molecular weight excluding hydrogens is 222 g/mol. The summed E-state index contributed by atoms with van der Waals surface area (Å²) in [5.74, 6) is -0.684. The highest BCUT2D eigenvalue weighted by Gasteiger charge is 2.39. The maximum atomic E-state index is 11.1. The number of likely N-dealkylation sites (tertiary alicyclic amines) is 1. The van der Waals surface area contributed by atoms with E-state index in [0.29, 0.717) is 26.4 Å². The molecule has 0 amide bonds. The Morgan fingerprint density at radius 3 is 2.76 bits per heavy atom. The monoisotopic (exact) mass is 245 g/mol. The molecule has 0 spiro atoms. The molecule has 1 fully saturated rings. The smallest absolute Gasteiger partial charge is 0.310 e. The van der Waals surface area contributed by atoms with Crippen LogP contribution in [-0.2, 0) is 14.3 Å². The molecule has 0 aliphatic carbocycles. The van der Waals surface area contributed by atoms with Crippen LogP contribution in [0.15, 0.2) is 0 Å². The van der Waals surface area contributed by atoms with Crippen molar-refractivity contribution >= 4 is 5.97 Å². The number of carboxylic acid groups (broad SMARTS) is 1. The summed E-state index contributed by atoms with van der Waals surface area (Å²) in [6.07, 6.45) is 1.69. The highest BCUT2D eigenvalue weighted by molar-refractivity contribution is 5.74. The van der Waals surface area contributed by atoms with Gasteiger partial charge < -0.3 is 19.5 Å². The zero-order chi connectivity index (χ0) is 12.7. The fraction of sp³-hybridized carbons (Fsp3) is 0.917. The van der Waals surface area contributed by atoms with Crippen LogP contribution in [0, 0.1) is 5.41 Å². The van der Waals surface area contributed by atoms with Crippen molar-refractivity contribution in [3.8, 4) is 0 Å². The normalized spacial score (nSPS) is 25.3. The quantitative estimate of drug-likeness (QED) is 0.642. The molecule has 0 aromatic rings. The number of aliphatic carboxylic acids is 1. The average Bonchev–Trinajstić information content (AvgIpc) is 2.67. The van der Waals surface area contributed by atoms with Crippen molar-refractivity contribution in [1.82, 2.24) is 4.90 Å². The van der Waals surface area contributed by atoms with Gasteiger partial charge in [-0.3, -0.25) is 4.79 Å². The van der Waals surface area contributed by atoms with Gasteiger partial charge in [0, 0.05) is 26.8 Å². The molecule has 1 N–H and O–H groups in total. The number of ether oxygens (including phenoxy) is 2. The fourth-order valence-electron chi connectivity index (χ4n) is 2.06. The number of hydrogen-bond acceptors (Lipinski definition) is 4. The molecule has 0 saturated carbocycles. The standard InChI is InChI=1S/C12H23NO4/c1-12(11(14)15)4-6-13(10-12)5-3-7-17-9-8-16-2/h3-10H2,1-2H3,(H,14,15). The van der Waals surface area contributed by atoms with Crippen LogP contribution in [0.25, 0.3) is 0 Å². The van der Waals surface area contributed by atoms with E-state index < -0.39 is 11.4 Å². The minimum Gasteiger partial charge on any atom is -0.481 e. The summed E-state index contributed by atoms with van der Waals surface area (Å²) >= 11 is 0. The minimum atomic E-state index is -0.684. The van der Waals surface area contributed by atoms with Gasteiger partial charge in [0.1, 0.15) is 0 Å². The molecule has 1 aliphatic heterocycles. The Morgan fingerprint density at radius 1 is 1.41 bits per heavy atom. The molecule has 0 aromatic carbocycles. The highest BCUT2D eigenvalue weighted by atomic mass is 16.5. The Hall–Kier alpha value is -0.650. The van der Waals surface area contributed by atoms with E-state index in [-0.39, 0.29) is 0 Å². The van der Waals surface area contributed by atoms with E-state index in [4.69, 9.17) is 14.6 Å². The van der Waals surface area contributed by atoms with E-state index in [1.807, 2.05) is 6.92 Å². The number of methoxy groups -OCH3 is 1. The van der Waals surface area contributed by atoms with E-state index in [2.05, 4.69) is 4.90 Å². The molecule has 0 bridgehead atoms. The SMILES string of the molecule is COCCOCCCN1CCC(C)(C(=O)O)C1. The fourth-order valence-corrected chi connectivity index (χ4v) is 2.06. The molecule has 1 atom stereocenters. The molecule has 1 unspecified atom stereocenters. The summed E-state index contributed by atoms with van der Waals surface area (Å²) < 4.78 is 10.2. The molecule has 1 heterocycles. The first-order valence-corrected chi connectivity index (χ1v) is 6.11. The predicted octanol–water partition coefficient (Wildman–Crippen LogP) is 0.836. The summed E-state index contributed by atoms with van der Waals surface area (Å²) in [7, 11) is 1.65. The van der Waals surface area contributed by atoms with Gasteiger partial charge in [0.2, 0.25) is 0 Å². The molecule has 1 rings (SSSR count). The summed E-state index contributed by atoms with van der Waals surface area (Å²) in [5.41, 5.74) is -0.559. The average molecular weight is 245 g/mol. The van der Waals surface area contributed by atoms with Crippen LogP contribution < -0.4 is 0 Å². The third-order valence-electron chi connectivity index (χ3n) is 3.26. The van der Waals surface area contributed by atoms with Gasteiger partial charge in [0.25, 0.3) is 0 Å². The van der Waals surface area contributed by atoms with Crippen LogP contribution >= 0.6 is 0 Å². The number of hydrogen-bond donors (Lipinski definition) is 1. The summed E-state index contributed by atoms with van der Waals surface area (Å²) in [6.45, 7) is 6.23. The van der Waals surface area contributed by atoms with Crippen LogP contribution in [0.3, 0.4) is 0 Å². The lowest BCUT2D eigenvalue weighted by Crippen LogP contribution is -2.32. The van der Waals surface area contributed by atoms with Crippen LogP contribution in [0.4, 0.5) is 0 Å². The first kappa shape index (κ1) is 14.4. The van der Waals surface area contributed by atoms with E-state index in [0.717, 1.165) is 25.9 Å². The Morgan fingerprint density at radius 2 is 2.18 bits per heavy atom. The van der Waals surface area contributed by atoms with Gasteiger partial charge in [-0.05, 0) is 26.3 Å². The lowest BCUT2D eigenvalue weighted by atomic mass is 9.90. The van der Waals surface area contributed by atoms with E-state index in [9.17, 15) is 4.79 Å². The number of carbonyl (C=O) groups is 1. The zero-order valence-corrected chi connectivity index (χ0v) is 10.8. The Balaban J connectivity index is 2.08. The maximum absolute atomic E-state index is 11.1. The third-order valence-corrected chi connectivity index (χ3v) is 3.26. The molecule has 1 saturated heterocycles. The highest BCUT2D eigenvalue weighted by Crippen LogP contribution is 2.29. The summed E-state index contributed by atoms with van der Waals surface area (Å²) in [4.78, 5) is 13.3. The van der Waals surface area contributed by atoms with Gasteiger partial charge in [-0.2, -0.15) is 0 Å². The van der Waals surface area contributed by atoms with E-state index >= 15 is 0 Å².